The summed E-state index contributed by atoms with van der Waals surface area (Å²) >= 11 is 0. The molecule has 106 valence electrons. The van der Waals surface area contributed by atoms with Crippen LogP contribution in [0.1, 0.15) is 12.0 Å². The number of hydrogen-bond acceptors (Lipinski definition) is 4. The van der Waals surface area contributed by atoms with Gasteiger partial charge in [0.25, 0.3) is 0 Å². The molecule has 0 aromatic heterocycles. The van der Waals surface area contributed by atoms with Crippen LogP contribution < -0.4 is 10.5 Å². The summed E-state index contributed by atoms with van der Waals surface area (Å²) in [4.78, 5) is 0. The molecular weight excluding hydrogens is 249 g/mol. The molecule has 3 unspecified atom stereocenters. The van der Waals surface area contributed by atoms with Crippen LogP contribution in [0.3, 0.4) is 0 Å². The molecule has 0 spiro atoms. The molecule has 3 atom stereocenters. The predicted octanol–water partition coefficient (Wildman–Crippen LogP) is 1.64. The maximum Gasteiger partial charge on any atom is 0.128 e. The lowest BCUT2D eigenvalue weighted by atomic mass is 9.86. The molecule has 0 saturated heterocycles. The Kier molecular flexibility index (Phi) is 4.74. The van der Waals surface area contributed by atoms with Crippen molar-refractivity contribution in [3.8, 4) is 5.75 Å². The van der Waals surface area contributed by atoms with Crippen LogP contribution in [0.2, 0.25) is 0 Å². The number of nitrogens with two attached hydrogens (primary N) is 1. The number of methoxy groups -OCH3 is 1. The van der Waals surface area contributed by atoms with Crippen LogP contribution in [0.15, 0.2) is 18.2 Å². The van der Waals surface area contributed by atoms with E-state index in [1.807, 2.05) is 6.92 Å². The maximum absolute atomic E-state index is 13.0. The summed E-state index contributed by atoms with van der Waals surface area (Å²) in [6.45, 7) is 2.85. The molecule has 5 heteroatoms. The molecule has 1 aromatic carbocycles. The second-order valence-corrected chi connectivity index (χ2v) is 4.79. The van der Waals surface area contributed by atoms with Gasteiger partial charge in [0.2, 0.25) is 0 Å². The molecule has 0 aliphatic heterocycles. The number of aryl methyl sites for hydroxylation is 1. The van der Waals surface area contributed by atoms with E-state index in [9.17, 15) is 4.39 Å². The lowest BCUT2D eigenvalue weighted by molar-refractivity contribution is -0.107. The van der Waals surface area contributed by atoms with Crippen molar-refractivity contribution < 1.29 is 18.6 Å². The van der Waals surface area contributed by atoms with Crippen LogP contribution in [0.5, 0.6) is 5.75 Å². The summed E-state index contributed by atoms with van der Waals surface area (Å²) in [6.07, 6.45) is 0.546. The number of halogens is 1. The average molecular weight is 269 g/mol. The first-order valence-electron chi connectivity index (χ1n) is 6.40. The molecular formula is C14H20FNO3. The topological polar surface area (TPSA) is 53.7 Å². The van der Waals surface area contributed by atoms with Gasteiger partial charge < -0.3 is 19.9 Å². The van der Waals surface area contributed by atoms with E-state index in [1.165, 1.54) is 12.1 Å². The minimum Gasteiger partial charge on any atom is -0.487 e. The van der Waals surface area contributed by atoms with Gasteiger partial charge in [0, 0.05) is 19.6 Å². The predicted molar refractivity (Wildman–Crippen MR) is 69.8 cm³/mol. The van der Waals surface area contributed by atoms with Crippen molar-refractivity contribution in [1.82, 2.24) is 0 Å². The third kappa shape index (κ3) is 3.43. The van der Waals surface area contributed by atoms with Crippen molar-refractivity contribution in [2.75, 3.05) is 20.3 Å². The maximum atomic E-state index is 13.0. The van der Waals surface area contributed by atoms with E-state index in [0.29, 0.717) is 19.0 Å². The van der Waals surface area contributed by atoms with Gasteiger partial charge in [-0.1, -0.05) is 0 Å². The van der Waals surface area contributed by atoms with E-state index in [2.05, 4.69) is 0 Å². The fraction of sp³-hybridized carbons (Fsp3) is 0.571. The van der Waals surface area contributed by atoms with Crippen LogP contribution in [-0.2, 0) is 9.47 Å². The van der Waals surface area contributed by atoms with Gasteiger partial charge >= 0.3 is 0 Å². The van der Waals surface area contributed by atoms with Gasteiger partial charge in [0.05, 0.1) is 13.2 Å². The largest absolute Gasteiger partial charge is 0.487 e. The molecule has 2 N–H and O–H groups in total. The molecule has 0 bridgehead atoms. The first-order valence-corrected chi connectivity index (χ1v) is 6.40. The van der Waals surface area contributed by atoms with Crippen LogP contribution in [0, 0.1) is 12.7 Å². The zero-order valence-corrected chi connectivity index (χ0v) is 11.3. The Labute approximate surface area is 112 Å². The Morgan fingerprint density at radius 2 is 2.16 bits per heavy atom. The summed E-state index contributed by atoms with van der Waals surface area (Å²) in [7, 11) is 1.62. The highest BCUT2D eigenvalue weighted by Gasteiger charge is 2.41. The Balaban J connectivity index is 1.91. The van der Waals surface area contributed by atoms with Gasteiger partial charge in [-0.25, -0.2) is 4.39 Å². The van der Waals surface area contributed by atoms with Crippen molar-refractivity contribution in [2.24, 2.45) is 5.73 Å². The molecule has 1 aliphatic carbocycles. The molecule has 1 saturated carbocycles. The molecule has 2 rings (SSSR count). The van der Waals surface area contributed by atoms with Crippen LogP contribution >= 0.6 is 0 Å². The number of rotatable bonds is 6. The summed E-state index contributed by atoms with van der Waals surface area (Å²) in [5, 5.41) is 0. The SMILES string of the molecule is COCCOC1C(N)CC1Oc1ccc(F)cc1C. The Morgan fingerprint density at radius 3 is 2.79 bits per heavy atom. The normalized spacial score (nSPS) is 26.0. The Morgan fingerprint density at radius 1 is 1.37 bits per heavy atom. The van der Waals surface area contributed by atoms with Crippen molar-refractivity contribution >= 4 is 0 Å². The minimum absolute atomic E-state index is 0.0115. The number of hydrogen-bond donors (Lipinski definition) is 1. The molecule has 1 aliphatic rings. The molecule has 1 aromatic rings. The van der Waals surface area contributed by atoms with Gasteiger partial charge in [0.1, 0.15) is 23.8 Å². The van der Waals surface area contributed by atoms with Crippen molar-refractivity contribution in [3.05, 3.63) is 29.6 Å². The zero-order valence-electron chi connectivity index (χ0n) is 11.3. The van der Waals surface area contributed by atoms with Gasteiger partial charge in [0.15, 0.2) is 0 Å². The monoisotopic (exact) mass is 269 g/mol. The highest BCUT2D eigenvalue weighted by molar-refractivity contribution is 5.33. The Bertz CT molecular complexity index is 427. The minimum atomic E-state index is -0.261. The van der Waals surface area contributed by atoms with Crippen molar-refractivity contribution in [2.45, 2.75) is 31.6 Å². The van der Waals surface area contributed by atoms with E-state index in [4.69, 9.17) is 19.9 Å². The van der Waals surface area contributed by atoms with E-state index in [-0.39, 0.29) is 24.1 Å². The smallest absolute Gasteiger partial charge is 0.128 e. The first kappa shape index (κ1) is 14.2. The van der Waals surface area contributed by atoms with Gasteiger partial charge in [-0.05, 0) is 30.7 Å². The fourth-order valence-corrected chi connectivity index (χ4v) is 2.14. The third-order valence-electron chi connectivity index (χ3n) is 3.31. The molecule has 0 amide bonds. The Hall–Kier alpha value is -1.17. The second kappa shape index (κ2) is 6.32. The highest BCUT2D eigenvalue weighted by atomic mass is 19.1. The molecule has 0 radical (unpaired) electrons. The van der Waals surface area contributed by atoms with Gasteiger partial charge in [-0.3, -0.25) is 0 Å². The summed E-state index contributed by atoms with van der Waals surface area (Å²) in [5.74, 6) is 0.418. The lowest BCUT2D eigenvalue weighted by Gasteiger charge is -2.42. The molecule has 4 nitrogen and oxygen atoms in total. The quantitative estimate of drug-likeness (QED) is 0.798. The highest BCUT2D eigenvalue weighted by Crippen LogP contribution is 2.29. The average Bonchev–Trinajstić information content (AvgIpc) is 2.37. The standard InChI is InChI=1S/C14H20FNO3/c1-9-7-10(15)3-4-12(9)19-13-8-11(16)14(13)18-6-5-17-2/h3-4,7,11,13-14H,5-6,8,16H2,1-2H3. The number of ether oxygens (including phenoxy) is 3. The summed E-state index contributed by atoms with van der Waals surface area (Å²) in [5.41, 5.74) is 6.68. The van der Waals surface area contributed by atoms with E-state index in [1.54, 1.807) is 13.2 Å². The van der Waals surface area contributed by atoms with Crippen molar-refractivity contribution in [1.29, 1.82) is 0 Å². The van der Waals surface area contributed by atoms with E-state index in [0.717, 1.165) is 12.0 Å². The van der Waals surface area contributed by atoms with Gasteiger partial charge in [-0.2, -0.15) is 0 Å². The summed E-state index contributed by atoms with van der Waals surface area (Å²) < 4.78 is 29.4. The van der Waals surface area contributed by atoms with E-state index < -0.39 is 0 Å². The molecule has 19 heavy (non-hydrogen) atoms. The van der Waals surface area contributed by atoms with Crippen molar-refractivity contribution in [3.63, 3.8) is 0 Å². The summed E-state index contributed by atoms with van der Waals surface area (Å²) in [6, 6.07) is 4.47. The third-order valence-corrected chi connectivity index (χ3v) is 3.31. The zero-order chi connectivity index (χ0) is 13.8. The first-order chi connectivity index (χ1) is 9.11. The molecule has 1 fully saturated rings. The number of benzene rings is 1. The second-order valence-electron chi connectivity index (χ2n) is 4.79. The van der Waals surface area contributed by atoms with Crippen LogP contribution in [0.25, 0.3) is 0 Å². The van der Waals surface area contributed by atoms with E-state index >= 15 is 0 Å². The van der Waals surface area contributed by atoms with Crippen LogP contribution in [0.4, 0.5) is 4.39 Å². The molecule has 0 heterocycles. The van der Waals surface area contributed by atoms with Gasteiger partial charge in [-0.15, -0.1) is 0 Å². The lowest BCUT2D eigenvalue weighted by Crippen LogP contribution is -2.59. The van der Waals surface area contributed by atoms with Crippen LogP contribution in [-0.4, -0.2) is 38.6 Å². The fourth-order valence-electron chi connectivity index (χ4n) is 2.14.